The molecule has 0 aliphatic carbocycles. The van der Waals surface area contributed by atoms with Crippen LogP contribution in [0.3, 0.4) is 0 Å². The van der Waals surface area contributed by atoms with Crippen molar-refractivity contribution in [1.29, 1.82) is 0 Å². The summed E-state index contributed by atoms with van der Waals surface area (Å²) in [5.41, 5.74) is -1.52. The zero-order valence-corrected chi connectivity index (χ0v) is 9.87. The molecule has 0 amide bonds. The third kappa shape index (κ3) is 4.21. The van der Waals surface area contributed by atoms with Crippen molar-refractivity contribution in [3.63, 3.8) is 0 Å². The van der Waals surface area contributed by atoms with Gasteiger partial charge in [0, 0.05) is 5.56 Å². The van der Waals surface area contributed by atoms with Crippen molar-refractivity contribution in [3.8, 4) is 11.6 Å². The minimum Gasteiger partial charge on any atom is -0.481 e. The van der Waals surface area contributed by atoms with Crippen LogP contribution in [0.25, 0.3) is 0 Å². The van der Waals surface area contributed by atoms with E-state index in [2.05, 4.69) is 14.5 Å². The average molecular weight is 301 g/mol. The number of aliphatic carboxylic acids is 1. The number of ether oxygens (including phenoxy) is 2. The van der Waals surface area contributed by atoms with Crippen LogP contribution in [0.4, 0.5) is 22.0 Å². The summed E-state index contributed by atoms with van der Waals surface area (Å²) < 4.78 is 69.8. The van der Waals surface area contributed by atoms with Crippen molar-refractivity contribution in [2.75, 3.05) is 7.11 Å². The van der Waals surface area contributed by atoms with Crippen LogP contribution in [-0.4, -0.2) is 29.5 Å². The molecule has 1 rings (SSSR count). The first-order chi connectivity index (χ1) is 9.14. The first-order valence-corrected chi connectivity index (χ1v) is 4.97. The summed E-state index contributed by atoms with van der Waals surface area (Å²) in [7, 11) is 0.894. The number of nitrogens with zero attached hydrogens (tertiary/aromatic N) is 1. The number of carboxylic acids is 1. The van der Waals surface area contributed by atoms with E-state index in [1.54, 1.807) is 0 Å². The van der Waals surface area contributed by atoms with Crippen LogP contribution < -0.4 is 9.47 Å². The fourth-order valence-electron chi connectivity index (χ4n) is 1.35. The summed E-state index contributed by atoms with van der Waals surface area (Å²) in [6.07, 6.45) is -9.20. The van der Waals surface area contributed by atoms with Gasteiger partial charge in [0.15, 0.2) is 5.75 Å². The van der Waals surface area contributed by atoms with Crippen LogP contribution in [0.2, 0.25) is 0 Å². The molecule has 1 N–H and O–H groups in total. The lowest BCUT2D eigenvalue weighted by Crippen LogP contribution is -2.20. The van der Waals surface area contributed by atoms with Gasteiger partial charge in [-0.1, -0.05) is 0 Å². The lowest BCUT2D eigenvalue weighted by molar-refractivity contribution is -0.275. The molecule has 0 fully saturated rings. The summed E-state index contributed by atoms with van der Waals surface area (Å²) in [4.78, 5) is 13.7. The first-order valence-electron chi connectivity index (χ1n) is 4.97. The minimum absolute atomic E-state index is 0.530. The number of hydrogen-bond acceptors (Lipinski definition) is 4. The van der Waals surface area contributed by atoms with Crippen molar-refractivity contribution in [3.05, 3.63) is 17.3 Å². The Kier molecular flexibility index (Phi) is 4.69. The molecule has 0 spiro atoms. The fraction of sp³-hybridized carbons (Fsp3) is 0.400. The maximum Gasteiger partial charge on any atom is 0.573 e. The molecule has 0 aliphatic rings. The molecule has 0 saturated heterocycles. The van der Waals surface area contributed by atoms with Crippen LogP contribution in [0.5, 0.6) is 11.6 Å². The van der Waals surface area contributed by atoms with Crippen LogP contribution in [-0.2, 0) is 11.2 Å². The second-order valence-corrected chi connectivity index (χ2v) is 3.46. The fourth-order valence-corrected chi connectivity index (χ4v) is 1.35. The predicted octanol–water partition coefficient (Wildman–Crippen LogP) is 2.55. The van der Waals surface area contributed by atoms with E-state index < -0.39 is 48.1 Å². The van der Waals surface area contributed by atoms with E-state index in [-0.39, 0.29) is 0 Å². The van der Waals surface area contributed by atoms with Crippen molar-refractivity contribution >= 4 is 5.97 Å². The standard InChI is InChI=1S/C10H8F5NO4/c1-19-9-7(20-10(13,14)15)4(3-6(17)18)2-5(16-9)8(11)12/h2,8H,3H2,1H3,(H,17,18). The highest BCUT2D eigenvalue weighted by Crippen LogP contribution is 2.36. The molecule has 0 unspecified atom stereocenters. The highest BCUT2D eigenvalue weighted by molar-refractivity contribution is 5.72. The van der Waals surface area contributed by atoms with Gasteiger partial charge in [0.2, 0.25) is 0 Å². The van der Waals surface area contributed by atoms with Crippen molar-refractivity contribution < 1.29 is 41.3 Å². The first kappa shape index (κ1) is 15.9. The summed E-state index contributed by atoms with van der Waals surface area (Å²) in [6, 6.07) is 0.530. The molecule has 1 aromatic heterocycles. The second-order valence-electron chi connectivity index (χ2n) is 3.46. The monoisotopic (exact) mass is 301 g/mol. The number of alkyl halides is 5. The average Bonchev–Trinajstić information content (AvgIpc) is 2.28. The number of aromatic nitrogens is 1. The summed E-state index contributed by atoms with van der Waals surface area (Å²) in [5, 5.41) is 8.60. The van der Waals surface area contributed by atoms with Crippen LogP contribution in [0, 0.1) is 0 Å². The van der Waals surface area contributed by atoms with Gasteiger partial charge in [-0.2, -0.15) is 0 Å². The Morgan fingerprint density at radius 2 is 2.05 bits per heavy atom. The molecule has 0 bridgehead atoms. The molecule has 0 radical (unpaired) electrons. The van der Waals surface area contributed by atoms with E-state index in [9.17, 15) is 26.7 Å². The predicted molar refractivity (Wildman–Crippen MR) is 53.8 cm³/mol. The number of carbonyl (C=O) groups is 1. The van der Waals surface area contributed by atoms with Crippen LogP contribution >= 0.6 is 0 Å². The Bertz CT molecular complexity index is 503. The van der Waals surface area contributed by atoms with Gasteiger partial charge in [-0.05, 0) is 6.07 Å². The van der Waals surface area contributed by atoms with Crippen LogP contribution in [0.15, 0.2) is 6.07 Å². The molecule has 1 aromatic rings. The largest absolute Gasteiger partial charge is 0.573 e. The van der Waals surface area contributed by atoms with Crippen molar-refractivity contribution in [1.82, 2.24) is 4.98 Å². The Labute approximate surface area is 108 Å². The topological polar surface area (TPSA) is 68.7 Å². The zero-order chi connectivity index (χ0) is 15.5. The molecule has 5 nitrogen and oxygen atoms in total. The Balaban J connectivity index is 3.39. The normalized spacial score (nSPS) is 11.6. The molecule has 112 valence electrons. The Morgan fingerprint density at radius 1 is 1.45 bits per heavy atom. The van der Waals surface area contributed by atoms with Gasteiger partial charge >= 0.3 is 12.3 Å². The number of pyridine rings is 1. The highest BCUT2D eigenvalue weighted by atomic mass is 19.4. The summed E-state index contributed by atoms with van der Waals surface area (Å²) in [6.45, 7) is 0. The molecular weight excluding hydrogens is 293 g/mol. The van der Waals surface area contributed by atoms with Crippen molar-refractivity contribution in [2.45, 2.75) is 19.2 Å². The highest BCUT2D eigenvalue weighted by Gasteiger charge is 2.35. The SMILES string of the molecule is COc1nc(C(F)F)cc(CC(=O)O)c1OC(F)(F)F. The molecule has 0 aliphatic heterocycles. The Morgan fingerprint density at radius 3 is 2.45 bits per heavy atom. The zero-order valence-electron chi connectivity index (χ0n) is 9.87. The van der Waals surface area contributed by atoms with E-state index in [0.717, 1.165) is 7.11 Å². The minimum atomic E-state index is -5.14. The number of hydrogen-bond donors (Lipinski definition) is 1. The summed E-state index contributed by atoms with van der Waals surface area (Å²) >= 11 is 0. The molecule has 20 heavy (non-hydrogen) atoms. The second kappa shape index (κ2) is 5.88. The molecule has 0 atom stereocenters. The third-order valence-corrected chi connectivity index (χ3v) is 2.02. The van der Waals surface area contributed by atoms with Crippen LogP contribution in [0.1, 0.15) is 17.7 Å². The maximum absolute atomic E-state index is 12.5. The number of halogens is 5. The molecule has 0 saturated carbocycles. The lowest BCUT2D eigenvalue weighted by atomic mass is 10.1. The third-order valence-electron chi connectivity index (χ3n) is 2.02. The summed E-state index contributed by atoms with van der Waals surface area (Å²) in [5.74, 6) is -3.44. The van der Waals surface area contributed by atoms with Gasteiger partial charge in [0.25, 0.3) is 12.3 Å². The van der Waals surface area contributed by atoms with Gasteiger partial charge in [0.05, 0.1) is 13.5 Å². The van der Waals surface area contributed by atoms with Gasteiger partial charge in [-0.25, -0.2) is 13.8 Å². The number of carboxylic acid groups (broad SMARTS) is 1. The smallest absolute Gasteiger partial charge is 0.481 e. The van der Waals surface area contributed by atoms with E-state index in [4.69, 9.17) is 5.11 Å². The van der Waals surface area contributed by atoms with E-state index in [1.165, 1.54) is 0 Å². The van der Waals surface area contributed by atoms with E-state index >= 15 is 0 Å². The van der Waals surface area contributed by atoms with Gasteiger partial charge in [0.1, 0.15) is 5.69 Å². The van der Waals surface area contributed by atoms with Gasteiger partial charge in [-0.15, -0.1) is 13.2 Å². The van der Waals surface area contributed by atoms with E-state index in [1.807, 2.05) is 0 Å². The maximum atomic E-state index is 12.5. The van der Waals surface area contributed by atoms with Gasteiger partial charge < -0.3 is 14.6 Å². The molecular formula is C10H8F5NO4. The molecule has 1 heterocycles. The Hall–Kier alpha value is -2.13. The van der Waals surface area contributed by atoms with E-state index in [0.29, 0.717) is 6.07 Å². The lowest BCUT2D eigenvalue weighted by Gasteiger charge is -2.16. The van der Waals surface area contributed by atoms with Crippen molar-refractivity contribution in [2.24, 2.45) is 0 Å². The van der Waals surface area contributed by atoms with Gasteiger partial charge in [-0.3, -0.25) is 4.79 Å². The molecule has 10 heteroatoms. The number of rotatable bonds is 5. The molecule has 0 aromatic carbocycles. The quantitative estimate of drug-likeness (QED) is 0.846. The number of methoxy groups -OCH3 is 1.